The monoisotopic (exact) mass is 439 g/mol. The number of pyridine rings is 1. The number of amides is 1. The van der Waals surface area contributed by atoms with Crippen molar-refractivity contribution in [1.82, 2.24) is 20.3 Å². The molecule has 8 nitrogen and oxygen atoms in total. The van der Waals surface area contributed by atoms with E-state index < -0.39 is 17.5 Å². The molecule has 0 saturated heterocycles. The lowest BCUT2D eigenvalue weighted by Crippen LogP contribution is -2.25. The molecule has 10 heteroatoms. The first kappa shape index (κ1) is 21.3. The SMILES string of the molecule is Cc1nc(C(=O)NCc2ccc(F)c(F)c2)cc(C2=NOC(c3ccc(=O)[nH]c3C)C2)n1. The van der Waals surface area contributed by atoms with E-state index in [0.29, 0.717) is 34.9 Å². The summed E-state index contributed by atoms with van der Waals surface area (Å²) in [5.74, 6) is -2.06. The van der Waals surface area contributed by atoms with Crippen LogP contribution in [-0.4, -0.2) is 26.6 Å². The number of oxime groups is 1. The van der Waals surface area contributed by atoms with E-state index in [1.54, 1.807) is 19.9 Å². The predicted molar refractivity (Wildman–Crippen MR) is 111 cm³/mol. The number of hydrogen-bond acceptors (Lipinski definition) is 6. The summed E-state index contributed by atoms with van der Waals surface area (Å²) in [6, 6.07) is 8.03. The molecule has 32 heavy (non-hydrogen) atoms. The van der Waals surface area contributed by atoms with Gasteiger partial charge in [0.05, 0.1) is 5.69 Å². The van der Waals surface area contributed by atoms with Gasteiger partial charge in [0.2, 0.25) is 5.56 Å². The van der Waals surface area contributed by atoms with Crippen LogP contribution in [-0.2, 0) is 11.4 Å². The number of carbonyl (C=O) groups excluding carboxylic acids is 1. The highest BCUT2D eigenvalue weighted by Crippen LogP contribution is 2.30. The maximum atomic E-state index is 13.4. The van der Waals surface area contributed by atoms with Crippen molar-refractivity contribution in [2.45, 2.75) is 32.9 Å². The van der Waals surface area contributed by atoms with Gasteiger partial charge in [-0.25, -0.2) is 18.7 Å². The third-order valence-corrected chi connectivity index (χ3v) is 4.98. The summed E-state index contributed by atoms with van der Waals surface area (Å²) >= 11 is 0. The van der Waals surface area contributed by atoms with Gasteiger partial charge in [-0.05, 0) is 43.7 Å². The van der Waals surface area contributed by atoms with Gasteiger partial charge in [-0.3, -0.25) is 9.59 Å². The smallest absolute Gasteiger partial charge is 0.270 e. The Kier molecular flexibility index (Phi) is 5.76. The van der Waals surface area contributed by atoms with Crippen molar-refractivity contribution in [3.05, 3.63) is 92.4 Å². The van der Waals surface area contributed by atoms with Crippen molar-refractivity contribution in [2.24, 2.45) is 5.16 Å². The highest BCUT2D eigenvalue weighted by molar-refractivity contribution is 6.02. The Labute approximate surface area is 181 Å². The molecular weight excluding hydrogens is 420 g/mol. The van der Waals surface area contributed by atoms with Gasteiger partial charge in [0, 0.05) is 30.3 Å². The lowest BCUT2D eigenvalue weighted by molar-refractivity contribution is 0.0849. The fraction of sp³-hybridized carbons (Fsp3) is 0.227. The average Bonchev–Trinajstić information content (AvgIpc) is 3.24. The van der Waals surface area contributed by atoms with Gasteiger partial charge in [-0.2, -0.15) is 0 Å². The lowest BCUT2D eigenvalue weighted by atomic mass is 10.0. The van der Waals surface area contributed by atoms with Gasteiger partial charge in [-0.15, -0.1) is 0 Å². The second kappa shape index (κ2) is 8.66. The number of halogens is 2. The average molecular weight is 439 g/mol. The highest BCUT2D eigenvalue weighted by atomic mass is 19.2. The van der Waals surface area contributed by atoms with Crippen LogP contribution in [0.4, 0.5) is 8.78 Å². The molecule has 2 N–H and O–H groups in total. The van der Waals surface area contributed by atoms with E-state index in [9.17, 15) is 18.4 Å². The minimum Gasteiger partial charge on any atom is -0.387 e. The van der Waals surface area contributed by atoms with Crippen molar-refractivity contribution < 1.29 is 18.4 Å². The highest BCUT2D eigenvalue weighted by Gasteiger charge is 2.27. The van der Waals surface area contributed by atoms with Crippen molar-refractivity contribution in [2.75, 3.05) is 0 Å². The minimum atomic E-state index is -0.983. The van der Waals surface area contributed by atoms with Crippen molar-refractivity contribution >= 4 is 11.6 Å². The van der Waals surface area contributed by atoms with Crippen molar-refractivity contribution in [3.8, 4) is 0 Å². The van der Waals surface area contributed by atoms with Crippen LogP contribution in [0.1, 0.15) is 51.4 Å². The molecule has 0 saturated carbocycles. The van der Waals surface area contributed by atoms with Gasteiger partial charge in [0.1, 0.15) is 17.2 Å². The predicted octanol–water partition coefficient (Wildman–Crippen LogP) is 2.86. The van der Waals surface area contributed by atoms with Crippen molar-refractivity contribution in [1.29, 1.82) is 0 Å². The first-order valence-corrected chi connectivity index (χ1v) is 9.81. The molecule has 0 fully saturated rings. The molecule has 0 spiro atoms. The summed E-state index contributed by atoms with van der Waals surface area (Å²) in [6.45, 7) is 3.43. The number of aromatic nitrogens is 3. The van der Waals surface area contributed by atoms with Crippen LogP contribution in [0, 0.1) is 25.5 Å². The van der Waals surface area contributed by atoms with E-state index >= 15 is 0 Å². The molecule has 1 aliphatic heterocycles. The summed E-state index contributed by atoms with van der Waals surface area (Å²) in [5.41, 5.74) is 2.81. The lowest BCUT2D eigenvalue weighted by Gasteiger charge is -2.11. The molecular formula is C22H19F2N5O3. The molecule has 2 aromatic heterocycles. The Balaban J connectivity index is 1.48. The first-order chi connectivity index (χ1) is 15.3. The number of hydrogen-bond donors (Lipinski definition) is 2. The zero-order valence-electron chi connectivity index (χ0n) is 17.3. The Morgan fingerprint density at radius 1 is 1.16 bits per heavy atom. The van der Waals surface area contributed by atoms with E-state index in [-0.39, 0.29) is 23.9 Å². The zero-order chi connectivity index (χ0) is 22.8. The van der Waals surface area contributed by atoms with E-state index in [1.165, 1.54) is 18.2 Å². The van der Waals surface area contributed by atoms with Crippen LogP contribution in [0.5, 0.6) is 0 Å². The van der Waals surface area contributed by atoms with Crippen LogP contribution in [0.2, 0.25) is 0 Å². The molecule has 1 unspecified atom stereocenters. The number of H-pyrrole nitrogens is 1. The number of aryl methyl sites for hydroxylation is 2. The molecule has 1 atom stereocenters. The molecule has 1 amide bonds. The summed E-state index contributed by atoms with van der Waals surface area (Å²) in [6.07, 6.45) is 0.0157. The molecule has 3 aromatic rings. The maximum absolute atomic E-state index is 13.4. The Hall–Kier alpha value is -3.95. The second-order valence-corrected chi connectivity index (χ2v) is 7.36. The summed E-state index contributed by atoms with van der Waals surface area (Å²) in [7, 11) is 0. The van der Waals surface area contributed by atoms with Crippen LogP contribution in [0.15, 0.2) is 46.3 Å². The van der Waals surface area contributed by atoms with E-state index in [0.717, 1.165) is 17.7 Å². The standard InChI is InChI=1S/C22H19F2N5O3/c1-11-14(4-6-21(30)26-11)20-9-18(29-32-20)17-8-19(28-12(2)27-17)22(31)25-10-13-3-5-15(23)16(24)7-13/h3-8,20H,9-10H2,1-2H3,(H,25,31)(H,26,30). The van der Waals surface area contributed by atoms with Gasteiger partial charge < -0.3 is 15.1 Å². The molecule has 1 aliphatic rings. The fourth-order valence-electron chi connectivity index (χ4n) is 3.39. The summed E-state index contributed by atoms with van der Waals surface area (Å²) in [5, 5.41) is 6.74. The molecule has 0 aliphatic carbocycles. The normalized spacial score (nSPS) is 15.2. The number of benzene rings is 1. The molecule has 0 bridgehead atoms. The van der Waals surface area contributed by atoms with E-state index in [1.807, 2.05) is 0 Å². The Morgan fingerprint density at radius 3 is 2.72 bits per heavy atom. The van der Waals surface area contributed by atoms with Gasteiger partial charge in [-0.1, -0.05) is 11.2 Å². The molecule has 1 aromatic carbocycles. The van der Waals surface area contributed by atoms with E-state index in [4.69, 9.17) is 4.84 Å². The van der Waals surface area contributed by atoms with E-state index in [2.05, 4.69) is 25.4 Å². The summed E-state index contributed by atoms with van der Waals surface area (Å²) in [4.78, 5) is 40.8. The number of aromatic amines is 1. The molecule has 164 valence electrons. The molecule has 4 rings (SSSR count). The third-order valence-electron chi connectivity index (χ3n) is 4.98. The molecule has 0 radical (unpaired) electrons. The summed E-state index contributed by atoms with van der Waals surface area (Å²) < 4.78 is 26.4. The number of rotatable bonds is 5. The van der Waals surface area contributed by atoms with Crippen LogP contribution in [0.25, 0.3) is 0 Å². The topological polar surface area (TPSA) is 109 Å². The van der Waals surface area contributed by atoms with Gasteiger partial charge >= 0.3 is 0 Å². The molecule has 3 heterocycles. The quantitative estimate of drug-likeness (QED) is 0.635. The zero-order valence-corrected chi connectivity index (χ0v) is 17.3. The Morgan fingerprint density at radius 2 is 1.97 bits per heavy atom. The van der Waals surface area contributed by atoms with Gasteiger partial charge in [0.25, 0.3) is 5.91 Å². The van der Waals surface area contributed by atoms with Gasteiger partial charge in [0.15, 0.2) is 17.7 Å². The first-order valence-electron chi connectivity index (χ1n) is 9.81. The van der Waals surface area contributed by atoms with Crippen LogP contribution < -0.4 is 10.9 Å². The second-order valence-electron chi connectivity index (χ2n) is 7.36. The van der Waals surface area contributed by atoms with Crippen molar-refractivity contribution in [3.63, 3.8) is 0 Å². The third kappa shape index (κ3) is 4.53. The fourth-order valence-corrected chi connectivity index (χ4v) is 3.39. The van der Waals surface area contributed by atoms with Crippen LogP contribution in [0.3, 0.4) is 0 Å². The number of nitrogens with zero attached hydrogens (tertiary/aromatic N) is 3. The maximum Gasteiger partial charge on any atom is 0.270 e. The number of carbonyl (C=O) groups is 1. The minimum absolute atomic E-state index is 0.00599. The largest absolute Gasteiger partial charge is 0.387 e. The van der Waals surface area contributed by atoms with Crippen LogP contribution >= 0.6 is 0 Å². The Bertz CT molecular complexity index is 1290. The number of nitrogens with one attached hydrogen (secondary N) is 2.